The lowest BCUT2D eigenvalue weighted by molar-refractivity contribution is -0.168. The lowest BCUT2D eigenvalue weighted by Gasteiger charge is -2.22. The van der Waals surface area contributed by atoms with Crippen molar-refractivity contribution in [2.24, 2.45) is 0 Å². The number of thiophene rings is 1. The molecular formula is C16H16BrClO2S. The van der Waals surface area contributed by atoms with Crippen LogP contribution in [0.2, 0.25) is 5.02 Å². The summed E-state index contributed by atoms with van der Waals surface area (Å²) in [6.45, 7) is 1.39. The predicted molar refractivity (Wildman–Crippen MR) is 90.8 cm³/mol. The highest BCUT2D eigenvalue weighted by Gasteiger charge is 2.16. The molecule has 1 fully saturated rings. The van der Waals surface area contributed by atoms with Gasteiger partial charge in [-0.3, -0.25) is 0 Å². The van der Waals surface area contributed by atoms with Crippen molar-refractivity contribution < 1.29 is 9.47 Å². The van der Waals surface area contributed by atoms with E-state index in [9.17, 15) is 0 Å². The van der Waals surface area contributed by atoms with E-state index in [1.54, 1.807) is 11.3 Å². The molecule has 2 aromatic rings. The Labute approximate surface area is 142 Å². The molecule has 1 unspecified atom stereocenters. The lowest BCUT2D eigenvalue weighted by Crippen LogP contribution is -2.21. The summed E-state index contributed by atoms with van der Waals surface area (Å²) in [5, 5.41) is 0.751. The largest absolute Gasteiger partial charge is 0.353 e. The van der Waals surface area contributed by atoms with Crippen LogP contribution in [0, 0.1) is 0 Å². The molecular weight excluding hydrogens is 372 g/mol. The quantitative estimate of drug-likeness (QED) is 0.652. The number of rotatable bonds is 4. The second-order valence-electron chi connectivity index (χ2n) is 5.00. The highest BCUT2D eigenvalue weighted by molar-refractivity contribution is 9.11. The van der Waals surface area contributed by atoms with Crippen molar-refractivity contribution in [3.05, 3.63) is 44.0 Å². The van der Waals surface area contributed by atoms with Gasteiger partial charge in [0.1, 0.15) is 0 Å². The van der Waals surface area contributed by atoms with Gasteiger partial charge in [0.05, 0.1) is 10.4 Å². The Morgan fingerprint density at radius 1 is 1.29 bits per heavy atom. The van der Waals surface area contributed by atoms with Crippen LogP contribution in [0.5, 0.6) is 0 Å². The molecule has 0 spiro atoms. The number of benzene rings is 1. The molecule has 2 heterocycles. The number of ether oxygens (including phenoxy) is 2. The molecule has 0 amide bonds. The average Bonchev–Trinajstić information content (AvgIpc) is 2.88. The zero-order valence-corrected chi connectivity index (χ0v) is 14.6. The van der Waals surface area contributed by atoms with Gasteiger partial charge in [-0.1, -0.05) is 23.7 Å². The van der Waals surface area contributed by atoms with Crippen molar-refractivity contribution in [1.29, 1.82) is 0 Å². The molecule has 0 N–H and O–H groups in total. The van der Waals surface area contributed by atoms with E-state index in [0.29, 0.717) is 6.61 Å². The van der Waals surface area contributed by atoms with Crippen LogP contribution in [0.3, 0.4) is 0 Å². The standard InChI is InChI=1S/C16H16BrClO2S/c17-15-9-13(11-4-6-12(18)7-5-11)14(21-15)10-20-16-3-1-2-8-19-16/h4-7,9,16H,1-3,8,10H2. The predicted octanol–water partition coefficient (Wildman–Crippen LogP) is 5.87. The van der Waals surface area contributed by atoms with Crippen LogP contribution in [0.25, 0.3) is 11.1 Å². The van der Waals surface area contributed by atoms with E-state index in [-0.39, 0.29) is 6.29 Å². The molecule has 0 bridgehead atoms. The molecule has 1 saturated heterocycles. The molecule has 0 saturated carbocycles. The van der Waals surface area contributed by atoms with Crippen LogP contribution in [-0.4, -0.2) is 12.9 Å². The molecule has 5 heteroatoms. The second-order valence-corrected chi connectivity index (χ2v) is 7.95. The SMILES string of the molecule is Clc1ccc(-c2cc(Br)sc2COC2CCCCO2)cc1. The third-order valence-electron chi connectivity index (χ3n) is 3.47. The van der Waals surface area contributed by atoms with Crippen molar-refractivity contribution in [2.75, 3.05) is 6.61 Å². The Hall–Kier alpha value is -0.390. The summed E-state index contributed by atoms with van der Waals surface area (Å²) in [6.07, 6.45) is 3.25. The second kappa shape index (κ2) is 7.25. The van der Waals surface area contributed by atoms with Crippen LogP contribution in [0.4, 0.5) is 0 Å². The maximum atomic E-state index is 5.96. The van der Waals surface area contributed by atoms with E-state index in [1.165, 1.54) is 16.9 Å². The summed E-state index contributed by atoms with van der Waals surface area (Å²) in [5.74, 6) is 0. The summed E-state index contributed by atoms with van der Waals surface area (Å²) in [5.41, 5.74) is 2.35. The smallest absolute Gasteiger partial charge is 0.158 e. The van der Waals surface area contributed by atoms with Crippen LogP contribution in [0.1, 0.15) is 24.1 Å². The third kappa shape index (κ3) is 4.08. The first-order valence-corrected chi connectivity index (χ1v) is 8.98. The van der Waals surface area contributed by atoms with Crippen molar-refractivity contribution in [1.82, 2.24) is 0 Å². The molecule has 1 atom stereocenters. The first kappa shape index (κ1) is 15.5. The van der Waals surface area contributed by atoms with Gasteiger partial charge in [0.25, 0.3) is 0 Å². The Morgan fingerprint density at radius 3 is 2.81 bits per heavy atom. The van der Waals surface area contributed by atoms with E-state index in [1.807, 2.05) is 24.3 Å². The van der Waals surface area contributed by atoms with Gasteiger partial charge in [0.15, 0.2) is 6.29 Å². The summed E-state index contributed by atoms with van der Waals surface area (Å²) >= 11 is 11.2. The van der Waals surface area contributed by atoms with Gasteiger partial charge in [-0.15, -0.1) is 11.3 Å². The minimum Gasteiger partial charge on any atom is -0.353 e. The van der Waals surface area contributed by atoms with Crippen molar-refractivity contribution in [2.45, 2.75) is 32.2 Å². The van der Waals surface area contributed by atoms with Crippen LogP contribution in [-0.2, 0) is 16.1 Å². The lowest BCUT2D eigenvalue weighted by atomic mass is 10.1. The van der Waals surface area contributed by atoms with E-state index in [0.717, 1.165) is 33.8 Å². The Morgan fingerprint density at radius 2 is 2.10 bits per heavy atom. The Balaban J connectivity index is 1.74. The normalized spacial score (nSPS) is 18.9. The molecule has 1 aromatic heterocycles. The van der Waals surface area contributed by atoms with Crippen molar-refractivity contribution >= 4 is 38.9 Å². The van der Waals surface area contributed by atoms with E-state index >= 15 is 0 Å². The minimum atomic E-state index is -0.0577. The first-order valence-electron chi connectivity index (χ1n) is 7.00. The topological polar surface area (TPSA) is 18.5 Å². The molecule has 0 radical (unpaired) electrons. The summed E-state index contributed by atoms with van der Waals surface area (Å²) in [7, 11) is 0. The first-order chi connectivity index (χ1) is 10.2. The van der Waals surface area contributed by atoms with E-state index in [4.69, 9.17) is 21.1 Å². The van der Waals surface area contributed by atoms with Crippen molar-refractivity contribution in [3.63, 3.8) is 0 Å². The third-order valence-corrected chi connectivity index (χ3v) is 5.34. The van der Waals surface area contributed by atoms with E-state index < -0.39 is 0 Å². The van der Waals surface area contributed by atoms with Gasteiger partial charge in [-0.25, -0.2) is 0 Å². The van der Waals surface area contributed by atoms with Crippen LogP contribution in [0.15, 0.2) is 34.1 Å². The van der Waals surface area contributed by atoms with Gasteiger partial charge in [0.2, 0.25) is 0 Å². The van der Waals surface area contributed by atoms with Gasteiger partial charge in [-0.05, 0) is 64.5 Å². The summed E-state index contributed by atoms with van der Waals surface area (Å²) in [6, 6.07) is 10.0. The van der Waals surface area contributed by atoms with Crippen LogP contribution >= 0.6 is 38.9 Å². The average molecular weight is 388 g/mol. The number of hydrogen-bond acceptors (Lipinski definition) is 3. The van der Waals surface area contributed by atoms with E-state index in [2.05, 4.69) is 22.0 Å². The van der Waals surface area contributed by atoms with Gasteiger partial charge >= 0.3 is 0 Å². The molecule has 112 valence electrons. The minimum absolute atomic E-state index is 0.0577. The molecule has 21 heavy (non-hydrogen) atoms. The van der Waals surface area contributed by atoms with Gasteiger partial charge < -0.3 is 9.47 Å². The van der Waals surface area contributed by atoms with Gasteiger partial charge in [-0.2, -0.15) is 0 Å². The molecule has 1 aliphatic rings. The fraction of sp³-hybridized carbons (Fsp3) is 0.375. The molecule has 0 aliphatic carbocycles. The Kier molecular flexibility index (Phi) is 5.35. The molecule has 2 nitrogen and oxygen atoms in total. The maximum absolute atomic E-state index is 5.96. The molecule has 1 aliphatic heterocycles. The molecule has 1 aromatic carbocycles. The number of hydrogen-bond donors (Lipinski definition) is 0. The summed E-state index contributed by atoms with van der Waals surface area (Å²) in [4.78, 5) is 1.21. The maximum Gasteiger partial charge on any atom is 0.158 e. The monoisotopic (exact) mass is 386 g/mol. The number of halogens is 2. The van der Waals surface area contributed by atoms with Crippen molar-refractivity contribution in [3.8, 4) is 11.1 Å². The zero-order valence-electron chi connectivity index (χ0n) is 11.5. The Bertz CT molecular complexity index is 591. The summed E-state index contributed by atoms with van der Waals surface area (Å²) < 4.78 is 12.6. The van der Waals surface area contributed by atoms with Gasteiger partial charge in [0, 0.05) is 16.5 Å². The van der Waals surface area contributed by atoms with Crippen LogP contribution < -0.4 is 0 Å². The fourth-order valence-electron chi connectivity index (χ4n) is 2.39. The highest BCUT2D eigenvalue weighted by atomic mass is 79.9. The molecule has 3 rings (SSSR count). The fourth-order valence-corrected chi connectivity index (χ4v) is 4.16. The highest BCUT2D eigenvalue weighted by Crippen LogP contribution is 2.36. The zero-order chi connectivity index (χ0) is 14.7.